The van der Waals surface area contributed by atoms with Crippen LogP contribution in [-0.4, -0.2) is 30.4 Å². The second kappa shape index (κ2) is 12.1. The van der Waals surface area contributed by atoms with E-state index >= 15 is 0 Å². The van der Waals surface area contributed by atoms with E-state index in [0.717, 1.165) is 12.8 Å². The molecular formula is C25H34FN3O5. The van der Waals surface area contributed by atoms with Crippen LogP contribution in [0.5, 0.6) is 17.2 Å². The second-order valence-corrected chi connectivity index (χ2v) is 8.42. The molecule has 0 aromatic heterocycles. The van der Waals surface area contributed by atoms with Gasteiger partial charge in [0.05, 0.1) is 6.61 Å². The van der Waals surface area contributed by atoms with Gasteiger partial charge in [-0.25, -0.2) is 14.0 Å². The molecule has 0 spiro atoms. The Morgan fingerprint density at radius 2 is 1.76 bits per heavy atom. The molecule has 0 aliphatic heterocycles. The normalized spacial score (nSPS) is 11.1. The zero-order valence-corrected chi connectivity index (χ0v) is 20.4. The lowest BCUT2D eigenvalue weighted by Gasteiger charge is -2.24. The summed E-state index contributed by atoms with van der Waals surface area (Å²) in [5, 5.41) is 5.70. The average molecular weight is 476 g/mol. The highest BCUT2D eigenvalue weighted by molar-refractivity contribution is 5.89. The molecule has 3 amide bonds. The summed E-state index contributed by atoms with van der Waals surface area (Å²) in [6.45, 7) is 9.53. The van der Waals surface area contributed by atoms with Crippen LogP contribution in [-0.2, 0) is 11.2 Å². The van der Waals surface area contributed by atoms with Gasteiger partial charge in [0.25, 0.3) is 0 Å². The maximum absolute atomic E-state index is 14.7. The van der Waals surface area contributed by atoms with Gasteiger partial charge in [-0.05, 0) is 57.4 Å². The molecule has 2 aromatic rings. The third-order valence-electron chi connectivity index (χ3n) is 5.07. The lowest BCUT2D eigenvalue weighted by molar-refractivity contribution is 0.0454. The van der Waals surface area contributed by atoms with Gasteiger partial charge in [0.15, 0.2) is 11.5 Å². The molecule has 0 aliphatic rings. The van der Waals surface area contributed by atoms with E-state index in [1.807, 2.05) is 20.8 Å². The number of hydrogen-bond acceptors (Lipinski definition) is 5. The number of ether oxygens (including phenoxy) is 3. The van der Waals surface area contributed by atoms with E-state index < -0.39 is 17.5 Å². The number of rotatable bonds is 11. The molecule has 0 unspecified atom stereocenters. The Morgan fingerprint density at radius 1 is 1.06 bits per heavy atom. The fourth-order valence-corrected chi connectivity index (χ4v) is 3.41. The fraction of sp³-hybridized carbons (Fsp3) is 0.440. The number of primary amides is 1. The van der Waals surface area contributed by atoms with Crippen LogP contribution in [0.15, 0.2) is 36.4 Å². The molecule has 0 fully saturated rings. The van der Waals surface area contributed by atoms with Crippen molar-refractivity contribution >= 4 is 17.8 Å². The van der Waals surface area contributed by atoms with Crippen LogP contribution in [0.1, 0.15) is 53.0 Å². The molecule has 0 bridgehead atoms. The Labute approximate surface area is 200 Å². The van der Waals surface area contributed by atoms with Gasteiger partial charge in [-0.1, -0.05) is 19.9 Å². The Morgan fingerprint density at radius 3 is 2.35 bits per heavy atom. The molecular weight excluding hydrogens is 441 g/mol. The topological polar surface area (TPSA) is 112 Å². The first kappa shape index (κ1) is 26.8. The first-order valence-electron chi connectivity index (χ1n) is 11.4. The number of anilines is 1. The number of carbonyl (C=O) groups is 2. The summed E-state index contributed by atoms with van der Waals surface area (Å²) in [4.78, 5) is 23.3. The first-order valence-corrected chi connectivity index (χ1v) is 11.4. The van der Waals surface area contributed by atoms with E-state index in [9.17, 15) is 14.0 Å². The lowest BCUT2D eigenvalue weighted by Crippen LogP contribution is -2.37. The maximum atomic E-state index is 14.7. The molecule has 0 saturated carbocycles. The minimum atomic E-state index is -0.958. The summed E-state index contributed by atoms with van der Waals surface area (Å²) in [7, 11) is 0. The number of amides is 3. The minimum absolute atomic E-state index is 0.0970. The van der Waals surface area contributed by atoms with Crippen molar-refractivity contribution in [3.8, 4) is 17.2 Å². The van der Waals surface area contributed by atoms with Crippen LogP contribution >= 0.6 is 0 Å². The van der Waals surface area contributed by atoms with Crippen LogP contribution in [0.4, 0.5) is 19.7 Å². The monoisotopic (exact) mass is 475 g/mol. The molecule has 0 heterocycles. The van der Waals surface area contributed by atoms with Crippen molar-refractivity contribution in [2.24, 2.45) is 5.73 Å². The number of nitrogens with two attached hydrogens (primary N) is 1. The fourth-order valence-electron chi connectivity index (χ4n) is 3.41. The van der Waals surface area contributed by atoms with Crippen molar-refractivity contribution in [2.75, 3.05) is 11.9 Å². The standard InChI is InChI=1S/C25H34FN3O5/c1-6-17(7-2)28-24(31)29-18-10-12-21(22(13-18)32-8-3)33-19-11-9-16(20(26)14-19)15-25(4,5)34-23(27)30/h9-14,17H,6-8,15H2,1-5H3,(H2,27,30)(H2,28,29,31). The zero-order valence-electron chi connectivity index (χ0n) is 20.4. The predicted octanol–water partition coefficient (Wildman–Crippen LogP) is 5.74. The van der Waals surface area contributed by atoms with Gasteiger partial charge in [-0.2, -0.15) is 0 Å². The van der Waals surface area contributed by atoms with Crippen molar-refractivity contribution in [1.82, 2.24) is 5.32 Å². The summed E-state index contributed by atoms with van der Waals surface area (Å²) in [5.41, 5.74) is 5.01. The SMILES string of the molecule is CCOc1cc(NC(=O)NC(CC)CC)ccc1Oc1ccc(CC(C)(C)OC(N)=O)c(F)c1. The Hall–Kier alpha value is -3.49. The third-order valence-corrected chi connectivity index (χ3v) is 5.07. The van der Waals surface area contributed by atoms with E-state index in [1.165, 1.54) is 6.07 Å². The molecule has 4 N–H and O–H groups in total. The van der Waals surface area contributed by atoms with E-state index in [2.05, 4.69) is 10.6 Å². The van der Waals surface area contributed by atoms with Crippen molar-refractivity contribution in [1.29, 1.82) is 0 Å². The number of nitrogens with one attached hydrogen (secondary N) is 2. The number of halogens is 1. The van der Waals surface area contributed by atoms with Crippen LogP contribution < -0.4 is 25.8 Å². The smallest absolute Gasteiger partial charge is 0.405 e. The molecule has 2 aromatic carbocycles. The van der Waals surface area contributed by atoms with Crippen LogP contribution in [0.2, 0.25) is 0 Å². The van der Waals surface area contributed by atoms with Gasteiger partial charge in [-0.15, -0.1) is 0 Å². The molecule has 0 aliphatic carbocycles. The van der Waals surface area contributed by atoms with Crippen molar-refractivity contribution in [2.45, 2.75) is 65.5 Å². The quantitative estimate of drug-likeness (QED) is 0.383. The lowest BCUT2D eigenvalue weighted by atomic mass is 9.98. The summed E-state index contributed by atoms with van der Waals surface area (Å²) in [6, 6.07) is 9.20. The molecule has 34 heavy (non-hydrogen) atoms. The first-order chi connectivity index (χ1) is 16.1. The molecule has 9 heteroatoms. The highest BCUT2D eigenvalue weighted by Crippen LogP contribution is 2.35. The highest BCUT2D eigenvalue weighted by Gasteiger charge is 2.24. The molecule has 0 atom stereocenters. The van der Waals surface area contributed by atoms with Crippen LogP contribution in [0, 0.1) is 5.82 Å². The number of hydrogen-bond donors (Lipinski definition) is 3. The van der Waals surface area contributed by atoms with Crippen molar-refractivity contribution < 1.29 is 28.2 Å². The van der Waals surface area contributed by atoms with E-state index in [0.29, 0.717) is 29.4 Å². The van der Waals surface area contributed by atoms with Gasteiger partial charge >= 0.3 is 12.1 Å². The summed E-state index contributed by atoms with van der Waals surface area (Å²) < 4.78 is 31.2. The van der Waals surface area contributed by atoms with Gasteiger partial charge in [0, 0.05) is 30.3 Å². The minimum Gasteiger partial charge on any atom is -0.490 e. The highest BCUT2D eigenvalue weighted by atomic mass is 19.1. The average Bonchev–Trinajstić information content (AvgIpc) is 2.75. The summed E-state index contributed by atoms with van der Waals surface area (Å²) >= 11 is 0. The Balaban J connectivity index is 2.15. The third kappa shape index (κ3) is 8.13. The number of carbonyl (C=O) groups excluding carboxylic acids is 2. The van der Waals surface area contributed by atoms with Gasteiger partial charge in [0.1, 0.15) is 17.2 Å². The van der Waals surface area contributed by atoms with Gasteiger partial charge < -0.3 is 30.6 Å². The van der Waals surface area contributed by atoms with Crippen LogP contribution in [0.25, 0.3) is 0 Å². The van der Waals surface area contributed by atoms with Gasteiger partial charge in [0.2, 0.25) is 0 Å². The van der Waals surface area contributed by atoms with Gasteiger partial charge in [-0.3, -0.25) is 0 Å². The molecule has 186 valence electrons. The second-order valence-electron chi connectivity index (χ2n) is 8.42. The molecule has 2 rings (SSSR count). The number of urea groups is 1. The Kier molecular flexibility index (Phi) is 9.53. The zero-order chi connectivity index (χ0) is 25.3. The van der Waals surface area contributed by atoms with Crippen LogP contribution in [0.3, 0.4) is 0 Å². The van der Waals surface area contributed by atoms with E-state index in [1.54, 1.807) is 44.2 Å². The number of benzene rings is 2. The summed E-state index contributed by atoms with van der Waals surface area (Å²) in [5.74, 6) is 0.539. The maximum Gasteiger partial charge on any atom is 0.405 e. The Bertz CT molecular complexity index is 993. The predicted molar refractivity (Wildman–Crippen MR) is 129 cm³/mol. The molecule has 0 saturated heterocycles. The largest absolute Gasteiger partial charge is 0.490 e. The van der Waals surface area contributed by atoms with Crippen molar-refractivity contribution in [3.05, 3.63) is 47.8 Å². The van der Waals surface area contributed by atoms with E-state index in [-0.39, 0.29) is 24.2 Å². The summed E-state index contributed by atoms with van der Waals surface area (Å²) in [6.07, 6.45) is 0.906. The molecule has 0 radical (unpaired) electrons. The molecule has 8 nitrogen and oxygen atoms in total. The van der Waals surface area contributed by atoms with E-state index in [4.69, 9.17) is 19.9 Å². The van der Waals surface area contributed by atoms with Crippen molar-refractivity contribution in [3.63, 3.8) is 0 Å².